The van der Waals surface area contributed by atoms with Gasteiger partial charge in [0.05, 0.1) is 15.9 Å². The number of hydrogen-bond acceptors (Lipinski definition) is 3. The summed E-state index contributed by atoms with van der Waals surface area (Å²) in [7, 11) is 4.18. The fourth-order valence-electron chi connectivity index (χ4n) is 0.0742. The molecular formula is CH4OS7. The van der Waals surface area contributed by atoms with Gasteiger partial charge in [0.1, 0.15) is 0 Å². The van der Waals surface area contributed by atoms with Crippen molar-refractivity contribution in [2.75, 3.05) is 7.11 Å². The van der Waals surface area contributed by atoms with Gasteiger partial charge in [0.15, 0.2) is 0 Å². The molecule has 0 bridgehead atoms. The standard InChI is InChI=1S/CH4OS7/c1-2-8(3)6-7-9(4)5/h3H,1H3. The van der Waals surface area contributed by atoms with E-state index in [2.05, 4.69) is 11.7 Å². The molecule has 0 rings (SSSR count). The second kappa shape index (κ2) is 6.47. The molecule has 0 aliphatic carbocycles. The second-order valence-corrected chi connectivity index (χ2v) is 13.0. The maximum absolute atomic E-state index is 4.85. The highest BCUT2D eigenvalue weighted by atomic mass is 33.5. The largest absolute Gasteiger partial charge is 0.307 e. The molecule has 1 nitrogen and oxygen atoms in total. The summed E-state index contributed by atoms with van der Waals surface area (Å²) >= 11 is 13.6. The van der Waals surface area contributed by atoms with Crippen molar-refractivity contribution in [1.82, 2.24) is 0 Å². The van der Waals surface area contributed by atoms with Crippen LogP contribution in [0.5, 0.6) is 0 Å². The summed E-state index contributed by atoms with van der Waals surface area (Å²) in [5, 5.41) is 0. The van der Waals surface area contributed by atoms with Crippen LogP contribution in [-0.4, -0.2) is 7.11 Å². The van der Waals surface area contributed by atoms with E-state index in [0.717, 1.165) is 0 Å². The predicted molar refractivity (Wildman–Crippen MR) is 60.2 cm³/mol. The van der Waals surface area contributed by atoms with Gasteiger partial charge in [-0.2, -0.15) is 0 Å². The molecular weight excluding hydrogens is 252 g/mol. The molecule has 0 aromatic heterocycles. The van der Waals surface area contributed by atoms with E-state index in [1.54, 1.807) is 7.11 Å². The number of thiol groups is 1. The third kappa shape index (κ3) is 7.66. The molecule has 0 heterocycles. The van der Waals surface area contributed by atoms with Gasteiger partial charge in [-0.05, 0) is 46.7 Å². The summed E-state index contributed by atoms with van der Waals surface area (Å²) in [6.07, 6.45) is 0. The molecule has 0 aliphatic heterocycles. The van der Waals surface area contributed by atoms with Crippen molar-refractivity contribution in [2.24, 2.45) is 0 Å². The van der Waals surface area contributed by atoms with Gasteiger partial charge in [0.25, 0.3) is 0 Å². The lowest BCUT2D eigenvalue weighted by Crippen LogP contribution is -1.75. The van der Waals surface area contributed by atoms with Crippen LogP contribution in [0.4, 0.5) is 0 Å². The molecule has 0 amide bonds. The molecule has 56 valence electrons. The van der Waals surface area contributed by atoms with Crippen molar-refractivity contribution < 1.29 is 4.18 Å². The van der Waals surface area contributed by atoms with Gasteiger partial charge in [-0.15, -0.1) is 0 Å². The zero-order chi connectivity index (χ0) is 7.28. The van der Waals surface area contributed by atoms with Crippen LogP contribution in [0.15, 0.2) is 0 Å². The topological polar surface area (TPSA) is 9.23 Å². The van der Waals surface area contributed by atoms with Crippen LogP contribution in [0.25, 0.3) is 0 Å². The van der Waals surface area contributed by atoms with Crippen LogP contribution in [0.1, 0.15) is 0 Å². The molecule has 9 heavy (non-hydrogen) atoms. The third-order valence-corrected chi connectivity index (χ3v) is 11.2. The molecule has 0 aliphatic rings. The van der Waals surface area contributed by atoms with Crippen molar-refractivity contribution in [2.45, 2.75) is 0 Å². The zero-order valence-corrected chi connectivity index (χ0v) is 10.1. The van der Waals surface area contributed by atoms with E-state index in [0.29, 0.717) is 0 Å². The molecule has 1 atom stereocenters. The Bertz CT molecular complexity index is 262. The summed E-state index contributed by atoms with van der Waals surface area (Å²) in [6, 6.07) is 0. The van der Waals surface area contributed by atoms with Crippen LogP contribution >= 0.6 is 11.7 Å². The first-order valence-electron chi connectivity index (χ1n) is 1.59. The number of rotatable bonds is 1. The lowest BCUT2D eigenvalue weighted by molar-refractivity contribution is 0.493. The molecule has 0 saturated carbocycles. The van der Waals surface area contributed by atoms with Crippen LogP contribution in [0.3, 0.4) is 0 Å². The van der Waals surface area contributed by atoms with Crippen LogP contribution in [0, 0.1) is 0 Å². The van der Waals surface area contributed by atoms with E-state index in [-0.39, 0.29) is 8.77 Å². The van der Waals surface area contributed by atoms with Crippen molar-refractivity contribution in [3.05, 3.63) is 0 Å². The Hall–Kier alpha value is 1.76. The fraction of sp³-hybridized carbons (Fsp3) is 1.00. The Morgan fingerprint density at radius 1 is 1.44 bits per heavy atom. The van der Waals surface area contributed by atoms with E-state index in [1.807, 2.05) is 0 Å². The minimum absolute atomic E-state index is 0.350. The fourth-order valence-corrected chi connectivity index (χ4v) is 10.2. The summed E-state index contributed by atoms with van der Waals surface area (Å²) in [6.45, 7) is -0.413. The van der Waals surface area contributed by atoms with E-state index >= 15 is 0 Å². The van der Waals surface area contributed by atoms with E-state index in [9.17, 15) is 0 Å². The van der Waals surface area contributed by atoms with Crippen molar-refractivity contribution in [3.63, 3.8) is 0 Å². The molecule has 0 aromatic rings. The monoisotopic (exact) mass is 256 g/mol. The predicted octanol–water partition coefficient (Wildman–Crippen LogP) is 0.463. The first-order chi connectivity index (χ1) is 4.16. The molecule has 0 N–H and O–H groups in total. The van der Waals surface area contributed by atoms with Gasteiger partial charge >= 0.3 is 0 Å². The zero-order valence-electron chi connectivity index (χ0n) is 4.30. The van der Waals surface area contributed by atoms with Gasteiger partial charge in [0, 0.05) is 0 Å². The molecule has 1 unspecified atom stereocenters. The Kier molecular flexibility index (Phi) is 7.73. The normalized spacial score (nSPS) is 12.2. The highest BCUT2D eigenvalue weighted by Crippen LogP contribution is 1.86. The Morgan fingerprint density at radius 2 is 2.00 bits per heavy atom. The van der Waals surface area contributed by atoms with E-state index < -0.39 is 6.57 Å². The average Bonchev–Trinajstić information content (AvgIpc) is 1.83. The van der Waals surface area contributed by atoms with E-state index in [4.69, 9.17) is 26.6 Å². The van der Waals surface area contributed by atoms with Gasteiger partial charge in [-0.25, -0.2) is 0 Å². The van der Waals surface area contributed by atoms with Crippen LogP contribution < -0.4 is 0 Å². The molecule has 0 saturated heterocycles. The summed E-state index contributed by atoms with van der Waals surface area (Å²) in [4.78, 5) is 0. The first kappa shape index (κ1) is 10.8. The molecule has 0 radical (unpaired) electrons. The second-order valence-electron chi connectivity index (χ2n) is 0.724. The SMILES string of the molecule is COS(S)=S=S=S(=S)=S. The van der Waals surface area contributed by atoms with Gasteiger partial charge in [-0.3, -0.25) is 0 Å². The molecule has 0 fully saturated rings. The minimum atomic E-state index is -0.413. The summed E-state index contributed by atoms with van der Waals surface area (Å²) < 4.78 is 4.85. The third-order valence-electron chi connectivity index (χ3n) is 0.284. The summed E-state index contributed by atoms with van der Waals surface area (Å²) in [5.74, 6) is 0. The molecule has 8 heteroatoms. The minimum Gasteiger partial charge on any atom is -0.307 e. The molecule has 0 aromatic carbocycles. The maximum atomic E-state index is 4.85. The van der Waals surface area contributed by atoms with Gasteiger partial charge in [0.2, 0.25) is 0 Å². The van der Waals surface area contributed by atoms with Crippen molar-refractivity contribution in [3.8, 4) is 0 Å². The average molecular weight is 257 g/mol. The van der Waals surface area contributed by atoms with Crippen LogP contribution in [0.2, 0.25) is 0 Å². The highest BCUT2D eigenvalue weighted by Gasteiger charge is 1.71. The highest BCUT2D eigenvalue weighted by molar-refractivity contribution is 8.85. The van der Waals surface area contributed by atoms with Crippen molar-refractivity contribution >= 4 is 67.1 Å². The van der Waals surface area contributed by atoms with Gasteiger partial charge in [-0.1, -0.05) is 11.7 Å². The summed E-state index contributed by atoms with van der Waals surface area (Å²) in [5.41, 5.74) is 0. The van der Waals surface area contributed by atoms with Crippen LogP contribution in [-0.2, 0) is 59.7 Å². The number of hydrogen-bond donors (Lipinski definition) is 1. The first-order valence-corrected chi connectivity index (χ1v) is 10.1. The Morgan fingerprint density at radius 3 is 2.33 bits per heavy atom. The molecule has 0 spiro atoms. The van der Waals surface area contributed by atoms with E-state index in [1.165, 1.54) is 17.8 Å². The van der Waals surface area contributed by atoms with Gasteiger partial charge < -0.3 is 4.18 Å². The Balaban J connectivity index is 4.89. The Labute approximate surface area is 77.6 Å². The van der Waals surface area contributed by atoms with Crippen molar-refractivity contribution in [1.29, 1.82) is 0 Å². The lowest BCUT2D eigenvalue weighted by Gasteiger charge is -1.84. The lowest BCUT2D eigenvalue weighted by atomic mass is 11.8. The maximum Gasteiger partial charge on any atom is 0.0650 e. The quantitative estimate of drug-likeness (QED) is 0.540. The smallest absolute Gasteiger partial charge is 0.0650 e.